The Balaban J connectivity index is 1.68. The zero-order valence-electron chi connectivity index (χ0n) is 20.0. The molecule has 5 nitrogen and oxygen atoms in total. The highest BCUT2D eigenvalue weighted by atomic mass is 32.2. The summed E-state index contributed by atoms with van der Waals surface area (Å²) in [5, 5.41) is 0. The van der Waals surface area contributed by atoms with Gasteiger partial charge in [0, 0.05) is 47.7 Å². The Morgan fingerprint density at radius 2 is 2.09 bits per heavy atom. The van der Waals surface area contributed by atoms with E-state index >= 15 is 0 Å². The van der Waals surface area contributed by atoms with Crippen LogP contribution in [0, 0.1) is 12.7 Å². The number of benzene rings is 1. The minimum absolute atomic E-state index is 0.187. The first-order chi connectivity index (χ1) is 15.8. The van der Waals surface area contributed by atoms with Gasteiger partial charge in [-0.1, -0.05) is 25.5 Å². The van der Waals surface area contributed by atoms with Crippen LogP contribution in [0.4, 0.5) is 10.2 Å². The summed E-state index contributed by atoms with van der Waals surface area (Å²) in [7, 11) is -0.713. The molecule has 180 valence electrons. The molecule has 2 aromatic rings. The van der Waals surface area contributed by atoms with E-state index in [0.29, 0.717) is 12.4 Å². The van der Waals surface area contributed by atoms with Crippen molar-refractivity contribution in [2.24, 2.45) is 0 Å². The second-order valence-electron chi connectivity index (χ2n) is 8.66. The van der Waals surface area contributed by atoms with Gasteiger partial charge in [-0.2, -0.15) is 0 Å². The molecule has 7 heteroatoms. The van der Waals surface area contributed by atoms with E-state index in [9.17, 15) is 8.60 Å². The number of hydrogen-bond donors (Lipinski definition) is 1. The fourth-order valence-corrected chi connectivity index (χ4v) is 5.54. The molecular weight excluding hydrogens is 437 g/mol. The van der Waals surface area contributed by atoms with Crippen LogP contribution in [0.15, 0.2) is 42.6 Å². The van der Waals surface area contributed by atoms with E-state index in [1.165, 1.54) is 6.07 Å². The van der Waals surface area contributed by atoms with Crippen molar-refractivity contribution in [1.29, 1.82) is 0 Å². The molecular formula is C26H36FN3O2S. The smallest absolute Gasteiger partial charge is 0.128 e. The molecule has 0 aliphatic carbocycles. The fraction of sp³-hybridized carbons (Fsp3) is 0.462. The number of halogens is 1. The van der Waals surface area contributed by atoms with Crippen molar-refractivity contribution in [3.8, 4) is 0 Å². The van der Waals surface area contributed by atoms with E-state index in [0.717, 1.165) is 66.9 Å². The number of nitrogens with one attached hydrogen (secondary N) is 1. The first-order valence-electron chi connectivity index (χ1n) is 11.6. The first-order valence-corrected chi connectivity index (χ1v) is 13.5. The van der Waals surface area contributed by atoms with Crippen LogP contribution >= 0.6 is 0 Å². The van der Waals surface area contributed by atoms with Crippen molar-refractivity contribution in [2.45, 2.75) is 45.6 Å². The molecule has 1 aliphatic rings. The fourth-order valence-electron chi connectivity index (χ4n) is 4.14. The predicted octanol–water partition coefficient (Wildman–Crippen LogP) is 4.60. The first kappa shape index (κ1) is 25.4. The molecule has 1 aromatic carbocycles. The zero-order chi connectivity index (χ0) is 23.8. The van der Waals surface area contributed by atoms with Crippen LogP contribution in [-0.2, 0) is 14.4 Å². The quantitative estimate of drug-likeness (QED) is 0.513. The van der Waals surface area contributed by atoms with E-state index in [-0.39, 0.29) is 11.9 Å². The molecule has 33 heavy (non-hydrogen) atoms. The molecule has 1 atom stereocenters. The highest BCUT2D eigenvalue weighted by Gasteiger charge is 2.22. The summed E-state index contributed by atoms with van der Waals surface area (Å²) in [6.07, 6.45) is 7.90. The largest absolute Gasteiger partial charge is 0.384 e. The van der Waals surface area contributed by atoms with Crippen LogP contribution in [0.1, 0.15) is 49.3 Å². The van der Waals surface area contributed by atoms with E-state index in [1.807, 2.05) is 19.2 Å². The molecule has 0 saturated carbocycles. The molecule has 0 spiro atoms. The topological polar surface area (TPSA) is 54.5 Å². The van der Waals surface area contributed by atoms with Crippen molar-refractivity contribution < 1.29 is 13.3 Å². The summed E-state index contributed by atoms with van der Waals surface area (Å²) in [6.45, 7) is 6.23. The molecule has 1 fully saturated rings. The minimum Gasteiger partial charge on any atom is -0.384 e. The molecule has 1 unspecified atom stereocenters. The second kappa shape index (κ2) is 11.8. The summed E-state index contributed by atoms with van der Waals surface area (Å²) in [5.74, 6) is 5.00. The predicted molar refractivity (Wildman–Crippen MR) is 138 cm³/mol. The summed E-state index contributed by atoms with van der Waals surface area (Å²) >= 11 is 0. The molecule has 0 amide bonds. The molecule has 0 bridgehead atoms. The Hall–Kier alpha value is -2.22. The second-order valence-corrected chi connectivity index (χ2v) is 10.9. The summed E-state index contributed by atoms with van der Waals surface area (Å²) in [5.41, 5.74) is 4.09. The van der Waals surface area contributed by atoms with Crippen LogP contribution in [0.25, 0.3) is 5.57 Å². The van der Waals surface area contributed by atoms with Gasteiger partial charge in [-0.25, -0.2) is 14.1 Å². The number of piperidine rings is 1. The lowest BCUT2D eigenvalue weighted by molar-refractivity contribution is 0.217. The number of allylic oxidation sites excluding steroid dienone is 1. The summed E-state index contributed by atoms with van der Waals surface area (Å²) in [6, 6.07) is 9.29. The maximum atomic E-state index is 13.6. The summed E-state index contributed by atoms with van der Waals surface area (Å²) in [4.78, 5) is 7.01. The number of anilines is 1. The van der Waals surface area contributed by atoms with E-state index in [1.54, 1.807) is 13.2 Å². The lowest BCUT2D eigenvalue weighted by atomic mass is 9.94. The Bertz CT molecular complexity index is 1040. The van der Waals surface area contributed by atoms with Crippen LogP contribution in [-0.4, -0.2) is 53.7 Å². The van der Waals surface area contributed by atoms with Crippen LogP contribution in [0.3, 0.4) is 0 Å². The number of aryl methyl sites for hydroxylation is 1. The Kier molecular flexibility index (Phi) is 9.06. The van der Waals surface area contributed by atoms with Gasteiger partial charge >= 0.3 is 0 Å². The summed E-state index contributed by atoms with van der Waals surface area (Å²) < 4.78 is 34.4. The molecule has 1 saturated heterocycles. The monoisotopic (exact) mass is 473 g/mol. The van der Waals surface area contributed by atoms with Gasteiger partial charge in [0.15, 0.2) is 0 Å². The average molecular weight is 474 g/mol. The van der Waals surface area contributed by atoms with Gasteiger partial charge in [-0.15, -0.1) is 0 Å². The van der Waals surface area contributed by atoms with Crippen LogP contribution in [0.2, 0.25) is 0 Å². The normalized spacial score (nSPS) is 17.2. The van der Waals surface area contributed by atoms with E-state index < -0.39 is 9.71 Å². The van der Waals surface area contributed by atoms with Crippen molar-refractivity contribution in [3.63, 3.8) is 0 Å². The maximum Gasteiger partial charge on any atom is 0.128 e. The number of methoxy groups -OCH3 is 1. The number of aromatic nitrogens is 1. The van der Waals surface area contributed by atoms with E-state index in [4.69, 9.17) is 9.72 Å². The lowest BCUT2D eigenvalue weighted by Gasteiger charge is -2.34. The Morgan fingerprint density at radius 3 is 2.70 bits per heavy atom. The van der Waals surface area contributed by atoms with Gasteiger partial charge < -0.3 is 9.64 Å². The number of rotatable bonds is 10. The van der Waals surface area contributed by atoms with Crippen molar-refractivity contribution in [2.75, 3.05) is 37.5 Å². The lowest BCUT2D eigenvalue weighted by Crippen LogP contribution is -2.45. The third kappa shape index (κ3) is 7.13. The third-order valence-corrected chi connectivity index (χ3v) is 7.58. The number of pyridine rings is 1. The van der Waals surface area contributed by atoms with Gasteiger partial charge in [0.25, 0.3) is 0 Å². The minimum atomic E-state index is -2.32. The molecule has 1 N–H and O–H groups in total. The SMILES string of the molecule is C=S(=O)(CCOC)NC1CCN(c2ccc(/C(=C/CCC)c3ccc(F)cc3C)cn2)CC1. The number of unbranched alkanes of at least 4 members (excludes halogenated alkanes) is 1. The van der Waals surface area contributed by atoms with E-state index in [2.05, 4.69) is 40.6 Å². The van der Waals surface area contributed by atoms with Gasteiger partial charge in [0.2, 0.25) is 0 Å². The number of hydrogen-bond acceptors (Lipinski definition) is 4. The average Bonchev–Trinajstić information content (AvgIpc) is 2.80. The van der Waals surface area contributed by atoms with Gasteiger partial charge in [0.1, 0.15) is 11.6 Å². The maximum absolute atomic E-state index is 13.6. The van der Waals surface area contributed by atoms with Crippen molar-refractivity contribution in [3.05, 3.63) is 65.1 Å². The molecule has 2 heterocycles. The van der Waals surface area contributed by atoms with Gasteiger partial charge in [-0.3, -0.25) is 4.21 Å². The standard InChI is InChI=1S/C26H36FN3O2S/c1-5-6-7-25(24-10-9-22(27)18-20(24)2)21-8-11-26(28-19-21)30-14-12-23(13-15-30)29-33(4,31)17-16-32-3/h7-11,18-19,23H,4-6,12-17H2,1-3H3,(H,29,31)/b25-7-. The Labute approximate surface area is 198 Å². The van der Waals surface area contributed by atoms with Gasteiger partial charge in [0.05, 0.1) is 12.4 Å². The van der Waals surface area contributed by atoms with Crippen molar-refractivity contribution >= 4 is 27.0 Å². The number of ether oxygens (including phenoxy) is 1. The van der Waals surface area contributed by atoms with Crippen molar-refractivity contribution in [1.82, 2.24) is 9.71 Å². The Morgan fingerprint density at radius 1 is 1.33 bits per heavy atom. The number of nitrogens with zero attached hydrogens (tertiary/aromatic N) is 2. The molecule has 1 aliphatic heterocycles. The molecule has 3 rings (SSSR count). The third-order valence-electron chi connectivity index (χ3n) is 5.99. The molecule has 1 aromatic heterocycles. The highest BCUT2D eigenvalue weighted by Crippen LogP contribution is 2.29. The zero-order valence-corrected chi connectivity index (χ0v) is 20.8. The van der Waals surface area contributed by atoms with Crippen LogP contribution < -0.4 is 9.62 Å². The molecule has 0 radical (unpaired) electrons. The van der Waals surface area contributed by atoms with Crippen LogP contribution in [0.5, 0.6) is 0 Å². The highest BCUT2D eigenvalue weighted by molar-refractivity contribution is 7.98. The van der Waals surface area contributed by atoms with Gasteiger partial charge in [-0.05, 0) is 73.0 Å².